The van der Waals surface area contributed by atoms with Crippen LogP contribution in [0.15, 0.2) is 36.4 Å². The van der Waals surface area contributed by atoms with E-state index in [2.05, 4.69) is 62.1 Å². The number of benzene rings is 1. The molecule has 2 rings (SSSR count). The maximum Gasteiger partial charge on any atom is 0.0236 e. The van der Waals surface area contributed by atoms with Gasteiger partial charge in [0.15, 0.2) is 0 Å². The zero-order chi connectivity index (χ0) is 13.7. The van der Waals surface area contributed by atoms with E-state index in [1.165, 1.54) is 37.1 Å². The summed E-state index contributed by atoms with van der Waals surface area (Å²) in [4.78, 5) is 2.61. The van der Waals surface area contributed by atoms with Gasteiger partial charge in [0.05, 0.1) is 0 Å². The van der Waals surface area contributed by atoms with Gasteiger partial charge in [-0.1, -0.05) is 57.2 Å². The molecule has 0 spiro atoms. The Morgan fingerprint density at radius 2 is 1.84 bits per heavy atom. The van der Waals surface area contributed by atoms with Crippen LogP contribution in [-0.2, 0) is 0 Å². The number of hydrogen-bond acceptors (Lipinski definition) is 1. The van der Waals surface area contributed by atoms with E-state index in [1.807, 2.05) is 0 Å². The molecule has 1 aliphatic rings. The highest BCUT2D eigenvalue weighted by Crippen LogP contribution is 2.22. The van der Waals surface area contributed by atoms with Crippen LogP contribution in [0.4, 0.5) is 0 Å². The summed E-state index contributed by atoms with van der Waals surface area (Å²) in [7, 11) is 0. The van der Waals surface area contributed by atoms with E-state index in [1.54, 1.807) is 0 Å². The third-order valence-corrected chi connectivity index (χ3v) is 3.95. The Labute approximate surface area is 118 Å². The van der Waals surface area contributed by atoms with Crippen molar-refractivity contribution in [2.75, 3.05) is 19.6 Å². The average Bonchev–Trinajstić information content (AvgIpc) is 2.41. The lowest BCUT2D eigenvalue weighted by molar-refractivity contribution is 0.213. The zero-order valence-electron chi connectivity index (χ0n) is 12.6. The van der Waals surface area contributed by atoms with Gasteiger partial charge >= 0.3 is 0 Å². The molecule has 0 saturated carbocycles. The van der Waals surface area contributed by atoms with E-state index < -0.39 is 0 Å². The second kappa shape index (κ2) is 6.91. The van der Waals surface area contributed by atoms with Gasteiger partial charge in [0.1, 0.15) is 0 Å². The summed E-state index contributed by atoms with van der Waals surface area (Å²) < 4.78 is 0. The van der Waals surface area contributed by atoms with Crippen molar-refractivity contribution in [1.82, 2.24) is 4.90 Å². The summed E-state index contributed by atoms with van der Waals surface area (Å²) in [6, 6.07) is 10.9. The van der Waals surface area contributed by atoms with Gasteiger partial charge in [0.25, 0.3) is 0 Å². The molecule has 0 amide bonds. The molecule has 1 aromatic carbocycles. The normalized spacial score (nSPS) is 19.1. The Kier molecular flexibility index (Phi) is 5.21. The molecule has 0 unspecified atom stereocenters. The van der Waals surface area contributed by atoms with Crippen molar-refractivity contribution < 1.29 is 0 Å². The van der Waals surface area contributed by atoms with Crippen molar-refractivity contribution >= 4 is 5.57 Å². The molecule has 0 aliphatic carbocycles. The average molecular weight is 257 g/mol. The van der Waals surface area contributed by atoms with Gasteiger partial charge in [-0.25, -0.2) is 0 Å². The van der Waals surface area contributed by atoms with Crippen LogP contribution in [-0.4, -0.2) is 24.5 Å². The van der Waals surface area contributed by atoms with Crippen molar-refractivity contribution in [3.8, 4) is 0 Å². The minimum atomic E-state index is 0.610. The van der Waals surface area contributed by atoms with Gasteiger partial charge in [0.2, 0.25) is 0 Å². The van der Waals surface area contributed by atoms with Crippen LogP contribution in [0.5, 0.6) is 0 Å². The molecule has 0 aromatic heterocycles. The van der Waals surface area contributed by atoms with E-state index >= 15 is 0 Å². The molecule has 1 fully saturated rings. The maximum absolute atomic E-state index is 2.61. The van der Waals surface area contributed by atoms with Crippen LogP contribution in [0.25, 0.3) is 5.57 Å². The lowest BCUT2D eigenvalue weighted by atomic mass is 9.96. The van der Waals surface area contributed by atoms with E-state index in [0.29, 0.717) is 5.92 Å². The number of likely N-dealkylation sites (tertiary alicyclic amines) is 1. The third kappa shape index (κ3) is 4.50. The zero-order valence-corrected chi connectivity index (χ0v) is 12.6. The first-order valence-electron chi connectivity index (χ1n) is 7.63. The van der Waals surface area contributed by atoms with Crippen LogP contribution in [0.2, 0.25) is 0 Å². The summed E-state index contributed by atoms with van der Waals surface area (Å²) >= 11 is 0. The van der Waals surface area contributed by atoms with Crippen molar-refractivity contribution in [2.24, 2.45) is 11.8 Å². The Bertz CT molecular complexity index is 397. The van der Waals surface area contributed by atoms with Crippen molar-refractivity contribution in [1.29, 1.82) is 0 Å². The van der Waals surface area contributed by atoms with Crippen molar-refractivity contribution in [2.45, 2.75) is 33.6 Å². The van der Waals surface area contributed by atoms with Crippen LogP contribution in [0.1, 0.15) is 39.2 Å². The SMILES string of the molecule is CC(C)/C=C(/CN1CCC(C)CC1)c1ccccc1. The molecule has 0 radical (unpaired) electrons. The molecule has 0 bridgehead atoms. The number of piperidine rings is 1. The molecule has 1 heterocycles. The molecular weight excluding hydrogens is 230 g/mol. The quantitative estimate of drug-likeness (QED) is 0.770. The highest BCUT2D eigenvalue weighted by atomic mass is 15.1. The molecule has 1 heteroatoms. The fraction of sp³-hybridized carbons (Fsp3) is 0.556. The summed E-state index contributed by atoms with van der Waals surface area (Å²) in [6.07, 6.45) is 5.13. The summed E-state index contributed by atoms with van der Waals surface area (Å²) in [5.41, 5.74) is 2.87. The topological polar surface area (TPSA) is 3.24 Å². The second-order valence-corrected chi connectivity index (χ2v) is 6.26. The van der Waals surface area contributed by atoms with Gasteiger partial charge in [-0.3, -0.25) is 4.90 Å². The first kappa shape index (κ1) is 14.3. The Hall–Kier alpha value is -1.08. The summed E-state index contributed by atoms with van der Waals surface area (Å²) in [5, 5.41) is 0. The molecule has 1 nitrogen and oxygen atoms in total. The molecule has 0 N–H and O–H groups in total. The summed E-state index contributed by atoms with van der Waals surface area (Å²) in [5.74, 6) is 1.52. The van der Waals surface area contributed by atoms with E-state index in [-0.39, 0.29) is 0 Å². The van der Waals surface area contributed by atoms with Crippen LogP contribution < -0.4 is 0 Å². The van der Waals surface area contributed by atoms with Gasteiger partial charge in [-0.05, 0) is 48.9 Å². The lowest BCUT2D eigenvalue weighted by Gasteiger charge is -2.31. The third-order valence-electron chi connectivity index (χ3n) is 3.95. The second-order valence-electron chi connectivity index (χ2n) is 6.26. The monoisotopic (exact) mass is 257 g/mol. The Morgan fingerprint density at radius 3 is 2.42 bits per heavy atom. The highest BCUT2D eigenvalue weighted by Gasteiger charge is 2.17. The predicted molar refractivity (Wildman–Crippen MR) is 84.1 cm³/mol. The molecule has 19 heavy (non-hydrogen) atoms. The summed E-state index contributed by atoms with van der Waals surface area (Å²) in [6.45, 7) is 10.5. The van der Waals surface area contributed by atoms with Gasteiger partial charge in [-0.15, -0.1) is 0 Å². The predicted octanol–water partition coefficient (Wildman–Crippen LogP) is 4.46. The fourth-order valence-electron chi connectivity index (χ4n) is 2.76. The number of allylic oxidation sites excluding steroid dienone is 1. The minimum Gasteiger partial charge on any atom is -0.299 e. The van der Waals surface area contributed by atoms with Gasteiger partial charge in [0, 0.05) is 6.54 Å². The molecule has 104 valence electrons. The number of rotatable bonds is 4. The number of nitrogens with zero attached hydrogens (tertiary/aromatic N) is 1. The minimum absolute atomic E-state index is 0.610. The van der Waals surface area contributed by atoms with Crippen molar-refractivity contribution in [3.63, 3.8) is 0 Å². The fourth-order valence-corrected chi connectivity index (χ4v) is 2.76. The van der Waals surface area contributed by atoms with Crippen LogP contribution in [0, 0.1) is 11.8 Å². The maximum atomic E-state index is 2.61. The Morgan fingerprint density at radius 1 is 1.21 bits per heavy atom. The first-order valence-corrected chi connectivity index (χ1v) is 7.63. The Balaban J connectivity index is 2.07. The van der Waals surface area contributed by atoms with Crippen molar-refractivity contribution in [3.05, 3.63) is 42.0 Å². The van der Waals surface area contributed by atoms with Gasteiger partial charge in [-0.2, -0.15) is 0 Å². The molecule has 1 aliphatic heterocycles. The standard InChI is InChI=1S/C18H27N/c1-15(2)13-18(17-7-5-4-6-8-17)14-19-11-9-16(3)10-12-19/h4-8,13,15-16H,9-12,14H2,1-3H3/b18-13-. The molecule has 0 atom stereocenters. The first-order chi connectivity index (χ1) is 9.15. The molecular formula is C18H27N. The van der Waals surface area contributed by atoms with E-state index in [4.69, 9.17) is 0 Å². The lowest BCUT2D eigenvalue weighted by Crippen LogP contribution is -2.34. The van der Waals surface area contributed by atoms with Gasteiger partial charge < -0.3 is 0 Å². The van der Waals surface area contributed by atoms with Crippen LogP contribution in [0.3, 0.4) is 0 Å². The smallest absolute Gasteiger partial charge is 0.0236 e. The molecule has 1 aromatic rings. The van der Waals surface area contributed by atoms with Crippen LogP contribution >= 0.6 is 0 Å². The van der Waals surface area contributed by atoms with E-state index in [0.717, 1.165) is 12.5 Å². The van der Waals surface area contributed by atoms with E-state index in [9.17, 15) is 0 Å². The largest absolute Gasteiger partial charge is 0.299 e. The highest BCUT2D eigenvalue weighted by molar-refractivity contribution is 5.67. The number of hydrogen-bond donors (Lipinski definition) is 0. The molecule has 1 saturated heterocycles.